The number of ether oxygens (including phenoxy) is 1. The number of aromatic nitrogens is 1. The molecule has 0 spiro atoms. The zero-order valence-electron chi connectivity index (χ0n) is 17.8. The number of hydrogen-bond acceptors (Lipinski definition) is 4. The molecule has 1 aliphatic rings. The summed E-state index contributed by atoms with van der Waals surface area (Å²) in [4.78, 5) is 31.9. The highest BCUT2D eigenvalue weighted by Gasteiger charge is 2.49. The highest BCUT2D eigenvalue weighted by molar-refractivity contribution is 5.90. The SMILES string of the molecule is CCC1(C(=O)NCCc2cccc3cccnc23)CCCN1C(=O)OC(C)(C)C. The number of nitrogens with one attached hydrogen (secondary N) is 1. The van der Waals surface area contributed by atoms with Crippen molar-refractivity contribution in [3.8, 4) is 0 Å². The van der Waals surface area contributed by atoms with E-state index >= 15 is 0 Å². The van der Waals surface area contributed by atoms with Crippen LogP contribution in [0.4, 0.5) is 4.79 Å². The van der Waals surface area contributed by atoms with Gasteiger partial charge in [0.25, 0.3) is 0 Å². The Balaban J connectivity index is 1.68. The maximum atomic E-state index is 13.2. The Morgan fingerprint density at radius 3 is 2.72 bits per heavy atom. The van der Waals surface area contributed by atoms with Crippen molar-refractivity contribution in [2.24, 2.45) is 0 Å². The molecule has 1 aromatic heterocycles. The molecule has 0 bridgehead atoms. The summed E-state index contributed by atoms with van der Waals surface area (Å²) < 4.78 is 5.55. The maximum Gasteiger partial charge on any atom is 0.411 e. The summed E-state index contributed by atoms with van der Waals surface area (Å²) in [6, 6.07) is 10.0. The molecule has 0 radical (unpaired) electrons. The number of hydrogen-bond donors (Lipinski definition) is 1. The molecule has 29 heavy (non-hydrogen) atoms. The lowest BCUT2D eigenvalue weighted by molar-refractivity contribution is -0.132. The first-order chi connectivity index (χ1) is 13.8. The summed E-state index contributed by atoms with van der Waals surface area (Å²) in [6.07, 6.45) is 4.08. The summed E-state index contributed by atoms with van der Waals surface area (Å²) in [5.74, 6) is -0.100. The van der Waals surface area contributed by atoms with Gasteiger partial charge in [-0.2, -0.15) is 0 Å². The van der Waals surface area contributed by atoms with E-state index in [0.29, 0.717) is 32.4 Å². The fourth-order valence-electron chi connectivity index (χ4n) is 4.07. The van der Waals surface area contributed by atoms with E-state index in [1.165, 1.54) is 0 Å². The van der Waals surface area contributed by atoms with Crippen LogP contribution < -0.4 is 5.32 Å². The van der Waals surface area contributed by atoms with Crippen molar-refractivity contribution in [2.75, 3.05) is 13.1 Å². The van der Waals surface area contributed by atoms with Crippen LogP contribution in [0.15, 0.2) is 36.5 Å². The normalized spacial score (nSPS) is 19.4. The fraction of sp³-hybridized carbons (Fsp3) is 0.522. The molecule has 1 fully saturated rings. The summed E-state index contributed by atoms with van der Waals surface area (Å²) in [7, 11) is 0. The Labute approximate surface area is 172 Å². The number of carbonyl (C=O) groups is 2. The van der Waals surface area contributed by atoms with E-state index in [9.17, 15) is 9.59 Å². The van der Waals surface area contributed by atoms with Crippen molar-refractivity contribution in [3.05, 3.63) is 42.1 Å². The van der Waals surface area contributed by atoms with Crippen LogP contribution in [0, 0.1) is 0 Å². The fourth-order valence-corrected chi connectivity index (χ4v) is 4.07. The maximum absolute atomic E-state index is 13.2. The number of para-hydroxylation sites is 1. The molecule has 0 saturated carbocycles. The van der Waals surface area contributed by atoms with Gasteiger partial charge in [-0.1, -0.05) is 31.2 Å². The van der Waals surface area contributed by atoms with Crippen molar-refractivity contribution >= 4 is 22.9 Å². The van der Waals surface area contributed by atoms with E-state index < -0.39 is 17.2 Å². The number of pyridine rings is 1. The third-order valence-electron chi connectivity index (χ3n) is 5.51. The van der Waals surface area contributed by atoms with Crippen molar-refractivity contribution in [1.82, 2.24) is 15.2 Å². The van der Waals surface area contributed by atoms with Crippen molar-refractivity contribution < 1.29 is 14.3 Å². The molecule has 0 aliphatic carbocycles. The molecule has 1 aliphatic heterocycles. The third kappa shape index (κ3) is 4.52. The second-order valence-electron chi connectivity index (χ2n) is 8.62. The summed E-state index contributed by atoms with van der Waals surface area (Å²) in [5.41, 5.74) is 0.645. The molecular formula is C23H31N3O3. The minimum Gasteiger partial charge on any atom is -0.444 e. The third-order valence-corrected chi connectivity index (χ3v) is 5.51. The molecule has 6 heteroatoms. The van der Waals surface area contributed by atoms with Gasteiger partial charge < -0.3 is 10.1 Å². The van der Waals surface area contributed by atoms with Crippen LogP contribution in [0.25, 0.3) is 10.9 Å². The number of likely N-dealkylation sites (tertiary alicyclic amines) is 1. The van der Waals surface area contributed by atoms with Crippen molar-refractivity contribution in [2.45, 2.75) is 64.5 Å². The van der Waals surface area contributed by atoms with Crippen LogP contribution in [-0.2, 0) is 16.0 Å². The molecule has 2 heterocycles. The monoisotopic (exact) mass is 397 g/mol. The minimum atomic E-state index is -0.834. The standard InChI is InChI=1S/C23H31N3O3/c1-5-23(13-8-16-26(23)21(28)29-22(2,3)4)20(27)25-15-12-18-10-6-9-17-11-7-14-24-19(17)18/h6-7,9-11,14H,5,8,12-13,15-16H2,1-4H3,(H,25,27). The van der Waals surface area contributed by atoms with E-state index in [4.69, 9.17) is 4.74 Å². The van der Waals surface area contributed by atoms with Gasteiger partial charge in [-0.3, -0.25) is 14.7 Å². The second-order valence-corrected chi connectivity index (χ2v) is 8.62. The first-order valence-corrected chi connectivity index (χ1v) is 10.4. The van der Waals surface area contributed by atoms with E-state index in [1.54, 1.807) is 11.1 Å². The van der Waals surface area contributed by atoms with Crippen LogP contribution in [0.3, 0.4) is 0 Å². The van der Waals surface area contributed by atoms with Gasteiger partial charge in [0.2, 0.25) is 5.91 Å². The van der Waals surface area contributed by atoms with Crippen LogP contribution in [0.5, 0.6) is 0 Å². The number of fused-ring (bicyclic) bond motifs is 1. The average Bonchev–Trinajstić information content (AvgIpc) is 3.12. The van der Waals surface area contributed by atoms with Gasteiger partial charge in [0.15, 0.2) is 0 Å². The molecule has 1 unspecified atom stereocenters. The highest BCUT2D eigenvalue weighted by Crippen LogP contribution is 2.34. The van der Waals surface area contributed by atoms with E-state index in [1.807, 2.05) is 58.0 Å². The lowest BCUT2D eigenvalue weighted by atomic mass is 9.91. The van der Waals surface area contributed by atoms with Crippen LogP contribution in [-0.4, -0.2) is 46.1 Å². The molecule has 6 nitrogen and oxygen atoms in total. The Bertz CT molecular complexity index is 885. The molecule has 1 N–H and O–H groups in total. The van der Waals surface area contributed by atoms with Gasteiger partial charge in [0.05, 0.1) is 5.52 Å². The van der Waals surface area contributed by atoms with E-state index in [2.05, 4.69) is 10.3 Å². The summed E-state index contributed by atoms with van der Waals surface area (Å²) in [6.45, 7) is 8.52. The highest BCUT2D eigenvalue weighted by atomic mass is 16.6. The van der Waals surface area contributed by atoms with Crippen LogP contribution in [0.2, 0.25) is 0 Å². The number of carbonyl (C=O) groups excluding carboxylic acids is 2. The molecule has 1 aromatic carbocycles. The van der Waals surface area contributed by atoms with Crippen LogP contribution >= 0.6 is 0 Å². The van der Waals surface area contributed by atoms with Gasteiger partial charge in [0, 0.05) is 24.7 Å². The van der Waals surface area contributed by atoms with Gasteiger partial charge in [-0.25, -0.2) is 4.79 Å². The average molecular weight is 398 g/mol. The van der Waals surface area contributed by atoms with E-state index in [-0.39, 0.29) is 5.91 Å². The number of rotatable bonds is 5. The topological polar surface area (TPSA) is 71.5 Å². The quantitative estimate of drug-likeness (QED) is 0.825. The second kappa shape index (κ2) is 8.39. The lowest BCUT2D eigenvalue weighted by Gasteiger charge is -2.37. The predicted octanol–water partition coefficient (Wildman–Crippen LogP) is 4.07. The Kier molecular flexibility index (Phi) is 6.10. The molecule has 156 valence electrons. The molecule has 1 saturated heterocycles. The molecule has 2 amide bonds. The van der Waals surface area contributed by atoms with Crippen molar-refractivity contribution in [1.29, 1.82) is 0 Å². The van der Waals surface area contributed by atoms with Gasteiger partial charge in [-0.05, 0) is 58.1 Å². The molecule has 1 atom stereocenters. The van der Waals surface area contributed by atoms with Crippen LogP contribution in [0.1, 0.15) is 52.5 Å². The number of amides is 2. The molecule has 3 rings (SSSR count). The Hall–Kier alpha value is -2.63. The minimum absolute atomic E-state index is 0.100. The first kappa shape index (κ1) is 21.1. The Morgan fingerprint density at radius 2 is 2.00 bits per heavy atom. The molecular weight excluding hydrogens is 366 g/mol. The summed E-state index contributed by atoms with van der Waals surface area (Å²) >= 11 is 0. The zero-order chi connectivity index (χ0) is 21.1. The molecule has 2 aromatic rings. The van der Waals surface area contributed by atoms with Gasteiger partial charge in [0.1, 0.15) is 11.1 Å². The first-order valence-electron chi connectivity index (χ1n) is 10.4. The number of nitrogens with zero attached hydrogens (tertiary/aromatic N) is 2. The zero-order valence-corrected chi connectivity index (χ0v) is 17.8. The lowest BCUT2D eigenvalue weighted by Crippen LogP contribution is -2.58. The van der Waals surface area contributed by atoms with Crippen molar-refractivity contribution in [3.63, 3.8) is 0 Å². The Morgan fingerprint density at radius 1 is 1.24 bits per heavy atom. The largest absolute Gasteiger partial charge is 0.444 e. The van der Waals surface area contributed by atoms with Gasteiger partial charge >= 0.3 is 6.09 Å². The summed E-state index contributed by atoms with van der Waals surface area (Å²) in [5, 5.41) is 4.15. The number of benzene rings is 1. The van der Waals surface area contributed by atoms with Gasteiger partial charge in [-0.15, -0.1) is 0 Å². The predicted molar refractivity (Wildman–Crippen MR) is 114 cm³/mol. The van der Waals surface area contributed by atoms with E-state index in [0.717, 1.165) is 22.9 Å². The smallest absolute Gasteiger partial charge is 0.411 e.